The van der Waals surface area contributed by atoms with Crippen molar-refractivity contribution in [2.45, 2.75) is 46.2 Å². The van der Waals surface area contributed by atoms with E-state index in [1.807, 2.05) is 43.3 Å². The normalized spacial score (nSPS) is 11.2. The summed E-state index contributed by atoms with van der Waals surface area (Å²) in [4.78, 5) is 2.11. The van der Waals surface area contributed by atoms with Gasteiger partial charge in [-0.25, -0.2) is 0 Å². The monoisotopic (exact) mass is 422 g/mol. The fourth-order valence-electron chi connectivity index (χ4n) is 3.12. The van der Waals surface area contributed by atoms with Crippen molar-refractivity contribution in [2.24, 2.45) is 0 Å². The number of anilines is 1. The van der Waals surface area contributed by atoms with E-state index in [1.165, 1.54) is 11.1 Å². The Balaban J connectivity index is 1.73. The Kier molecular flexibility index (Phi) is 7.16. The van der Waals surface area contributed by atoms with Gasteiger partial charge >= 0.3 is 0 Å². The van der Waals surface area contributed by atoms with Crippen LogP contribution in [0.4, 0.5) is 5.69 Å². The minimum absolute atomic E-state index is 0.136. The maximum atomic E-state index is 5.74. The van der Waals surface area contributed by atoms with E-state index >= 15 is 0 Å². The Hall–Kier alpha value is -2.79. The molecule has 1 heterocycles. The minimum Gasteiger partial charge on any atom is -0.494 e. The molecule has 4 nitrogen and oxygen atoms in total. The quantitative estimate of drug-likeness (QED) is 0.448. The van der Waals surface area contributed by atoms with E-state index in [0.717, 1.165) is 17.2 Å². The van der Waals surface area contributed by atoms with Gasteiger partial charge in [-0.05, 0) is 72.1 Å². The lowest BCUT2D eigenvalue weighted by Gasteiger charge is -2.26. The lowest BCUT2D eigenvalue weighted by molar-refractivity contribution is 0.340. The van der Waals surface area contributed by atoms with Crippen LogP contribution >= 0.6 is 12.2 Å². The Morgan fingerprint density at radius 2 is 1.70 bits per heavy atom. The number of furan rings is 1. The van der Waals surface area contributed by atoms with Crippen LogP contribution in [0.15, 0.2) is 71.3 Å². The van der Waals surface area contributed by atoms with E-state index in [1.54, 1.807) is 6.26 Å². The predicted molar refractivity (Wildman–Crippen MR) is 127 cm³/mol. The molecule has 0 atom stereocenters. The highest BCUT2D eigenvalue weighted by molar-refractivity contribution is 7.80. The molecule has 0 aliphatic carbocycles. The molecular weight excluding hydrogens is 392 g/mol. The molecule has 3 rings (SSSR count). The van der Waals surface area contributed by atoms with Crippen molar-refractivity contribution in [1.29, 1.82) is 0 Å². The smallest absolute Gasteiger partial charge is 0.174 e. The summed E-state index contributed by atoms with van der Waals surface area (Å²) in [6.45, 7) is 10.6. The third kappa shape index (κ3) is 6.10. The highest BCUT2D eigenvalue weighted by Gasteiger charge is 2.16. The molecule has 0 unspecified atom stereocenters. The van der Waals surface area contributed by atoms with Gasteiger partial charge in [0, 0.05) is 12.2 Å². The summed E-state index contributed by atoms with van der Waals surface area (Å²) in [5.74, 6) is 1.72. The van der Waals surface area contributed by atoms with Gasteiger partial charge in [0.25, 0.3) is 0 Å². The Morgan fingerprint density at radius 1 is 1.00 bits per heavy atom. The molecule has 0 aliphatic rings. The van der Waals surface area contributed by atoms with Crippen LogP contribution in [0.25, 0.3) is 0 Å². The SMILES string of the molecule is CCOc1ccc(NC(=S)N(Cc2ccc(C(C)(C)C)cc2)Cc2ccco2)cc1. The Labute approximate surface area is 184 Å². The fourth-order valence-corrected chi connectivity index (χ4v) is 3.37. The zero-order valence-corrected chi connectivity index (χ0v) is 19.0. The van der Waals surface area contributed by atoms with Crippen molar-refractivity contribution < 1.29 is 9.15 Å². The molecule has 0 amide bonds. The number of nitrogens with one attached hydrogen (secondary N) is 1. The zero-order valence-electron chi connectivity index (χ0n) is 18.1. The number of benzene rings is 2. The average molecular weight is 423 g/mol. The van der Waals surface area contributed by atoms with E-state index < -0.39 is 0 Å². The van der Waals surface area contributed by atoms with Crippen LogP contribution in [0.2, 0.25) is 0 Å². The topological polar surface area (TPSA) is 37.6 Å². The van der Waals surface area contributed by atoms with Crippen LogP contribution in [0.1, 0.15) is 44.6 Å². The summed E-state index contributed by atoms with van der Waals surface area (Å²) >= 11 is 5.74. The molecule has 0 saturated heterocycles. The molecule has 0 saturated carbocycles. The molecule has 1 N–H and O–H groups in total. The number of hydrogen-bond acceptors (Lipinski definition) is 3. The molecule has 30 heavy (non-hydrogen) atoms. The molecule has 0 bridgehead atoms. The first kappa shape index (κ1) is 21.9. The second-order valence-electron chi connectivity index (χ2n) is 8.27. The molecule has 3 aromatic rings. The molecule has 0 fully saturated rings. The Morgan fingerprint density at radius 3 is 2.27 bits per heavy atom. The van der Waals surface area contributed by atoms with Crippen LogP contribution in [0.5, 0.6) is 5.75 Å². The molecule has 2 aromatic carbocycles. The standard InChI is InChI=1S/C25H30N2O2S/c1-5-28-22-14-12-21(13-15-22)26-24(30)27(18-23-7-6-16-29-23)17-19-8-10-20(11-9-19)25(2,3)4/h6-16H,5,17-18H2,1-4H3,(H,26,30). The molecule has 0 radical (unpaired) electrons. The van der Waals surface area contributed by atoms with Gasteiger partial charge in [0.05, 0.1) is 19.4 Å². The number of hydrogen-bond donors (Lipinski definition) is 1. The first-order valence-corrected chi connectivity index (χ1v) is 10.7. The highest BCUT2D eigenvalue weighted by atomic mass is 32.1. The van der Waals surface area contributed by atoms with Crippen LogP contribution < -0.4 is 10.1 Å². The van der Waals surface area contributed by atoms with Crippen molar-refractivity contribution in [3.05, 3.63) is 83.8 Å². The summed E-state index contributed by atoms with van der Waals surface area (Å²) in [6, 6.07) is 20.4. The molecule has 5 heteroatoms. The van der Waals surface area contributed by atoms with E-state index in [0.29, 0.717) is 24.8 Å². The molecule has 158 valence electrons. The van der Waals surface area contributed by atoms with Crippen LogP contribution in [0.3, 0.4) is 0 Å². The molecular formula is C25H30N2O2S. The first-order chi connectivity index (χ1) is 14.3. The zero-order chi connectivity index (χ0) is 21.6. The van der Waals surface area contributed by atoms with Crippen molar-refractivity contribution >= 4 is 23.0 Å². The van der Waals surface area contributed by atoms with E-state index in [2.05, 4.69) is 55.3 Å². The summed E-state index contributed by atoms with van der Waals surface area (Å²) in [5, 5.41) is 3.99. The lowest BCUT2D eigenvalue weighted by Crippen LogP contribution is -2.33. The van der Waals surface area contributed by atoms with Crippen molar-refractivity contribution in [1.82, 2.24) is 4.90 Å². The van der Waals surface area contributed by atoms with E-state index in [9.17, 15) is 0 Å². The highest BCUT2D eigenvalue weighted by Crippen LogP contribution is 2.23. The predicted octanol–water partition coefficient (Wildman–Crippen LogP) is 6.38. The van der Waals surface area contributed by atoms with Gasteiger partial charge in [-0.2, -0.15) is 0 Å². The van der Waals surface area contributed by atoms with Gasteiger partial charge in [0.1, 0.15) is 11.5 Å². The van der Waals surface area contributed by atoms with Crippen molar-refractivity contribution in [2.75, 3.05) is 11.9 Å². The summed E-state index contributed by atoms with van der Waals surface area (Å²) in [7, 11) is 0. The van der Waals surface area contributed by atoms with E-state index in [-0.39, 0.29) is 5.41 Å². The summed E-state index contributed by atoms with van der Waals surface area (Å²) in [5.41, 5.74) is 3.58. The van der Waals surface area contributed by atoms with Crippen LogP contribution in [-0.4, -0.2) is 16.6 Å². The molecule has 1 aromatic heterocycles. The second kappa shape index (κ2) is 9.81. The third-order valence-electron chi connectivity index (χ3n) is 4.82. The summed E-state index contributed by atoms with van der Waals surface area (Å²) in [6.07, 6.45) is 1.69. The maximum Gasteiger partial charge on any atom is 0.174 e. The van der Waals surface area contributed by atoms with Crippen molar-refractivity contribution in [3.63, 3.8) is 0 Å². The minimum atomic E-state index is 0.136. The van der Waals surface area contributed by atoms with Crippen LogP contribution in [0, 0.1) is 0 Å². The number of ether oxygens (including phenoxy) is 1. The van der Waals surface area contributed by atoms with Crippen LogP contribution in [-0.2, 0) is 18.5 Å². The second-order valence-corrected chi connectivity index (χ2v) is 8.66. The molecule has 0 spiro atoms. The molecule has 0 aliphatic heterocycles. The van der Waals surface area contributed by atoms with Crippen molar-refractivity contribution in [3.8, 4) is 5.75 Å². The van der Waals surface area contributed by atoms with Gasteiger partial charge in [0.15, 0.2) is 5.11 Å². The maximum absolute atomic E-state index is 5.74. The average Bonchev–Trinajstić information content (AvgIpc) is 3.22. The van der Waals surface area contributed by atoms with Gasteiger partial charge < -0.3 is 19.4 Å². The third-order valence-corrected chi connectivity index (χ3v) is 5.18. The number of thiocarbonyl (C=S) groups is 1. The first-order valence-electron chi connectivity index (χ1n) is 10.3. The fraction of sp³-hybridized carbons (Fsp3) is 0.320. The van der Waals surface area contributed by atoms with Gasteiger partial charge in [-0.3, -0.25) is 0 Å². The van der Waals surface area contributed by atoms with Gasteiger partial charge in [0.2, 0.25) is 0 Å². The lowest BCUT2D eigenvalue weighted by atomic mass is 9.87. The Bertz CT molecular complexity index is 927. The largest absolute Gasteiger partial charge is 0.494 e. The summed E-state index contributed by atoms with van der Waals surface area (Å²) < 4.78 is 11.1. The van der Waals surface area contributed by atoms with E-state index in [4.69, 9.17) is 21.4 Å². The number of nitrogens with zero attached hydrogens (tertiary/aromatic N) is 1. The van der Waals surface area contributed by atoms with Gasteiger partial charge in [-0.15, -0.1) is 0 Å². The van der Waals surface area contributed by atoms with Gasteiger partial charge in [-0.1, -0.05) is 45.0 Å². The number of rotatable bonds is 7.